The van der Waals surface area contributed by atoms with E-state index in [-0.39, 0.29) is 23.6 Å². The Kier molecular flexibility index (Phi) is 8.32. The van der Waals surface area contributed by atoms with Gasteiger partial charge in [0.2, 0.25) is 5.91 Å². The molecule has 0 unspecified atom stereocenters. The lowest BCUT2D eigenvalue weighted by Crippen LogP contribution is -2.44. The molecule has 1 heterocycles. The summed E-state index contributed by atoms with van der Waals surface area (Å²) in [7, 11) is 1.67. The first-order valence-electron chi connectivity index (χ1n) is 11.8. The SMILES string of the molecule is COc1ccc(N2CCC(NC(=O)c3ccccc3SCC(=O)Nc3ccc(C)cc3)CC2)cc1. The Labute approximate surface area is 211 Å². The summed E-state index contributed by atoms with van der Waals surface area (Å²) >= 11 is 1.38. The van der Waals surface area contributed by atoms with Crippen LogP contribution in [0, 0.1) is 6.92 Å². The van der Waals surface area contributed by atoms with E-state index in [1.807, 2.05) is 67.6 Å². The first kappa shape index (κ1) is 24.7. The quantitative estimate of drug-likeness (QED) is 0.429. The number of carbonyl (C=O) groups is 2. The lowest BCUT2D eigenvalue weighted by atomic mass is 10.0. The molecule has 0 spiro atoms. The Morgan fingerprint density at radius 2 is 1.66 bits per heavy atom. The molecular formula is C28H31N3O3S. The van der Waals surface area contributed by atoms with Gasteiger partial charge in [0.1, 0.15) is 5.75 Å². The van der Waals surface area contributed by atoms with Gasteiger partial charge in [-0.15, -0.1) is 11.8 Å². The molecule has 7 heteroatoms. The Bertz CT molecular complexity index is 1140. The van der Waals surface area contributed by atoms with Crippen LogP contribution in [-0.2, 0) is 4.79 Å². The number of nitrogens with one attached hydrogen (secondary N) is 2. The van der Waals surface area contributed by atoms with E-state index in [0.29, 0.717) is 5.56 Å². The maximum absolute atomic E-state index is 13.1. The van der Waals surface area contributed by atoms with Crippen LogP contribution in [0.5, 0.6) is 5.75 Å². The zero-order valence-electron chi connectivity index (χ0n) is 20.1. The van der Waals surface area contributed by atoms with Gasteiger partial charge in [-0.2, -0.15) is 0 Å². The number of thioether (sulfide) groups is 1. The van der Waals surface area contributed by atoms with E-state index in [1.54, 1.807) is 7.11 Å². The summed E-state index contributed by atoms with van der Waals surface area (Å²) in [6.07, 6.45) is 1.76. The average Bonchev–Trinajstić information content (AvgIpc) is 2.89. The van der Waals surface area contributed by atoms with Crippen molar-refractivity contribution in [2.45, 2.75) is 30.7 Å². The number of hydrogen-bond donors (Lipinski definition) is 2. The molecule has 2 amide bonds. The van der Waals surface area contributed by atoms with Crippen molar-refractivity contribution in [2.75, 3.05) is 36.2 Å². The van der Waals surface area contributed by atoms with E-state index in [0.717, 1.165) is 47.8 Å². The van der Waals surface area contributed by atoms with E-state index in [9.17, 15) is 9.59 Å². The second-order valence-corrected chi connectivity index (χ2v) is 9.65. The van der Waals surface area contributed by atoms with E-state index in [4.69, 9.17) is 4.74 Å². The fraction of sp³-hybridized carbons (Fsp3) is 0.286. The van der Waals surface area contributed by atoms with Crippen LogP contribution in [0.4, 0.5) is 11.4 Å². The lowest BCUT2D eigenvalue weighted by molar-refractivity contribution is -0.113. The lowest BCUT2D eigenvalue weighted by Gasteiger charge is -2.34. The molecular weight excluding hydrogens is 458 g/mol. The van der Waals surface area contributed by atoms with E-state index in [2.05, 4.69) is 27.7 Å². The van der Waals surface area contributed by atoms with Crippen molar-refractivity contribution in [1.82, 2.24) is 5.32 Å². The summed E-state index contributed by atoms with van der Waals surface area (Å²) in [5.74, 6) is 0.897. The minimum atomic E-state index is -0.0973. The van der Waals surface area contributed by atoms with Crippen molar-refractivity contribution in [2.24, 2.45) is 0 Å². The number of amides is 2. The number of hydrogen-bond acceptors (Lipinski definition) is 5. The van der Waals surface area contributed by atoms with Crippen LogP contribution >= 0.6 is 11.8 Å². The molecule has 0 radical (unpaired) electrons. The largest absolute Gasteiger partial charge is 0.497 e. The predicted octanol–water partition coefficient (Wildman–Crippen LogP) is 5.13. The van der Waals surface area contributed by atoms with Crippen LogP contribution in [0.1, 0.15) is 28.8 Å². The molecule has 3 aromatic rings. The molecule has 1 fully saturated rings. The zero-order valence-corrected chi connectivity index (χ0v) is 20.9. The number of benzene rings is 3. The summed E-state index contributed by atoms with van der Waals surface area (Å²) in [5, 5.41) is 6.10. The number of ether oxygens (including phenoxy) is 1. The van der Waals surface area contributed by atoms with Gasteiger partial charge in [-0.3, -0.25) is 9.59 Å². The van der Waals surface area contributed by atoms with E-state index >= 15 is 0 Å². The maximum Gasteiger partial charge on any atom is 0.252 e. The summed E-state index contributed by atoms with van der Waals surface area (Å²) in [4.78, 5) is 28.6. The minimum absolute atomic E-state index is 0.0880. The highest BCUT2D eigenvalue weighted by molar-refractivity contribution is 8.00. The molecule has 0 aromatic heterocycles. The van der Waals surface area contributed by atoms with Gasteiger partial charge in [0.15, 0.2) is 0 Å². The van der Waals surface area contributed by atoms with Crippen molar-refractivity contribution in [3.8, 4) is 5.75 Å². The smallest absolute Gasteiger partial charge is 0.252 e. The Morgan fingerprint density at radius 3 is 2.34 bits per heavy atom. The molecule has 0 aliphatic carbocycles. The molecule has 1 saturated heterocycles. The Balaban J connectivity index is 1.29. The van der Waals surface area contributed by atoms with E-state index in [1.165, 1.54) is 17.4 Å². The van der Waals surface area contributed by atoms with Crippen LogP contribution in [0.25, 0.3) is 0 Å². The minimum Gasteiger partial charge on any atom is -0.497 e. The Morgan fingerprint density at radius 1 is 0.971 bits per heavy atom. The van der Waals surface area contributed by atoms with Crippen molar-refractivity contribution in [3.63, 3.8) is 0 Å². The van der Waals surface area contributed by atoms with Gasteiger partial charge < -0.3 is 20.3 Å². The van der Waals surface area contributed by atoms with Crippen molar-refractivity contribution in [3.05, 3.63) is 83.9 Å². The summed E-state index contributed by atoms with van der Waals surface area (Å²) in [6, 6.07) is 23.4. The summed E-state index contributed by atoms with van der Waals surface area (Å²) in [5.41, 5.74) is 3.69. The van der Waals surface area contributed by atoms with Crippen LogP contribution in [-0.4, -0.2) is 43.8 Å². The van der Waals surface area contributed by atoms with Gasteiger partial charge in [-0.25, -0.2) is 0 Å². The fourth-order valence-electron chi connectivity index (χ4n) is 4.10. The van der Waals surface area contributed by atoms with Gasteiger partial charge in [0.05, 0.1) is 18.4 Å². The summed E-state index contributed by atoms with van der Waals surface area (Å²) < 4.78 is 5.24. The molecule has 0 saturated carbocycles. The van der Waals surface area contributed by atoms with Crippen LogP contribution < -0.4 is 20.3 Å². The molecule has 1 aliphatic rings. The zero-order chi connectivity index (χ0) is 24.6. The molecule has 35 heavy (non-hydrogen) atoms. The first-order chi connectivity index (χ1) is 17.0. The van der Waals surface area contributed by atoms with Crippen LogP contribution in [0.15, 0.2) is 77.7 Å². The Hall–Kier alpha value is -3.45. The van der Waals surface area contributed by atoms with Crippen LogP contribution in [0.2, 0.25) is 0 Å². The number of methoxy groups -OCH3 is 1. The highest BCUT2D eigenvalue weighted by Crippen LogP contribution is 2.25. The van der Waals surface area contributed by atoms with Gasteiger partial charge in [0.25, 0.3) is 5.91 Å². The molecule has 182 valence electrons. The molecule has 2 N–H and O–H groups in total. The van der Waals surface area contributed by atoms with E-state index < -0.39 is 0 Å². The van der Waals surface area contributed by atoms with Gasteiger partial charge in [-0.1, -0.05) is 29.8 Å². The number of nitrogens with zero attached hydrogens (tertiary/aromatic N) is 1. The predicted molar refractivity (Wildman–Crippen MR) is 143 cm³/mol. The van der Waals surface area contributed by atoms with Gasteiger partial charge >= 0.3 is 0 Å². The molecule has 3 aromatic carbocycles. The van der Waals surface area contributed by atoms with Crippen molar-refractivity contribution >= 4 is 35.0 Å². The number of anilines is 2. The normalized spacial score (nSPS) is 13.8. The molecule has 0 bridgehead atoms. The summed E-state index contributed by atoms with van der Waals surface area (Å²) in [6.45, 7) is 3.77. The number of piperidine rings is 1. The fourth-order valence-corrected chi connectivity index (χ4v) is 4.95. The molecule has 4 rings (SSSR count). The third kappa shape index (κ3) is 6.79. The molecule has 0 atom stereocenters. The highest BCUT2D eigenvalue weighted by atomic mass is 32.2. The number of aryl methyl sites for hydroxylation is 1. The third-order valence-electron chi connectivity index (χ3n) is 6.09. The second kappa shape index (κ2) is 11.8. The third-order valence-corrected chi connectivity index (χ3v) is 7.17. The molecule has 1 aliphatic heterocycles. The number of carbonyl (C=O) groups excluding carboxylic acids is 2. The van der Waals surface area contributed by atoms with Crippen molar-refractivity contribution in [1.29, 1.82) is 0 Å². The maximum atomic E-state index is 13.1. The van der Waals surface area contributed by atoms with Gasteiger partial charge in [-0.05, 0) is 68.3 Å². The topological polar surface area (TPSA) is 70.7 Å². The van der Waals surface area contributed by atoms with Crippen molar-refractivity contribution < 1.29 is 14.3 Å². The molecule has 6 nitrogen and oxygen atoms in total. The van der Waals surface area contributed by atoms with Crippen LogP contribution in [0.3, 0.4) is 0 Å². The first-order valence-corrected chi connectivity index (χ1v) is 12.8. The average molecular weight is 490 g/mol. The second-order valence-electron chi connectivity index (χ2n) is 8.63. The van der Waals surface area contributed by atoms with Gasteiger partial charge in [0, 0.05) is 35.4 Å². The highest BCUT2D eigenvalue weighted by Gasteiger charge is 2.22. The monoisotopic (exact) mass is 489 g/mol. The number of rotatable bonds is 8. The standard InChI is InChI=1S/C28H31N3O3S/c1-20-7-9-21(10-8-20)29-27(32)19-35-26-6-4-3-5-25(26)28(33)30-22-15-17-31(18-16-22)23-11-13-24(34-2)14-12-23/h3-14,22H,15-19H2,1-2H3,(H,29,32)(H,30,33).